The van der Waals surface area contributed by atoms with Crippen molar-refractivity contribution in [3.63, 3.8) is 0 Å². The summed E-state index contributed by atoms with van der Waals surface area (Å²) in [6, 6.07) is 9.91. The Morgan fingerprint density at radius 3 is 2.43 bits per heavy atom. The van der Waals surface area contributed by atoms with Crippen LogP contribution in [0.2, 0.25) is 0 Å². The molecule has 1 aliphatic rings. The zero-order valence-electron chi connectivity index (χ0n) is 15.7. The number of carbonyl (C=O) groups excluding carboxylic acids is 2. The molecule has 0 unspecified atom stereocenters. The molecule has 0 saturated heterocycles. The van der Waals surface area contributed by atoms with Crippen molar-refractivity contribution in [2.75, 3.05) is 17.2 Å². The number of fused-ring (bicyclic) bond motifs is 1. The average molecular weight is 378 g/mol. The normalized spacial score (nSPS) is 12.9. The summed E-state index contributed by atoms with van der Waals surface area (Å²) in [6.07, 6.45) is -0.622. The number of rotatable bonds is 2. The van der Waals surface area contributed by atoms with Gasteiger partial charge in [-0.05, 0) is 44.5 Å². The number of hydrogen-bond donors (Lipinski definition) is 2. The number of carbonyl (C=O) groups is 2. The van der Waals surface area contributed by atoms with Crippen LogP contribution in [0.15, 0.2) is 29.5 Å². The van der Waals surface area contributed by atoms with Crippen molar-refractivity contribution >= 4 is 23.4 Å². The monoisotopic (exact) mass is 378 g/mol. The quantitative estimate of drug-likeness (QED) is 0.753. The van der Waals surface area contributed by atoms with Crippen molar-refractivity contribution in [2.45, 2.75) is 32.9 Å². The first kappa shape index (κ1) is 20.3. The van der Waals surface area contributed by atoms with Gasteiger partial charge in [-0.2, -0.15) is 15.8 Å². The topological polar surface area (TPSA) is 142 Å². The molecule has 142 valence electrons. The van der Waals surface area contributed by atoms with Crippen molar-refractivity contribution in [1.29, 1.82) is 15.8 Å². The summed E-state index contributed by atoms with van der Waals surface area (Å²) in [5.74, 6) is -0.362. The molecule has 28 heavy (non-hydrogen) atoms. The molecule has 1 aromatic carbocycles. The van der Waals surface area contributed by atoms with Crippen molar-refractivity contribution in [3.05, 3.63) is 35.0 Å². The molecule has 0 fully saturated rings. The Labute approximate surface area is 162 Å². The number of allylic oxidation sites excluding steroid dienone is 2. The summed E-state index contributed by atoms with van der Waals surface area (Å²) >= 11 is 0. The number of nitrogens with zero attached hydrogens (tertiary/aromatic N) is 4. The fraction of sp³-hybridized carbons (Fsp3) is 0.316. The first-order valence-electron chi connectivity index (χ1n) is 8.29. The lowest BCUT2D eigenvalue weighted by Crippen LogP contribution is -2.39. The molecule has 0 aliphatic carbocycles. The van der Waals surface area contributed by atoms with E-state index >= 15 is 0 Å². The van der Waals surface area contributed by atoms with Gasteiger partial charge in [0.2, 0.25) is 5.91 Å². The fourth-order valence-corrected chi connectivity index (χ4v) is 2.43. The van der Waals surface area contributed by atoms with Gasteiger partial charge < -0.3 is 15.4 Å². The molecule has 1 aliphatic heterocycles. The van der Waals surface area contributed by atoms with Crippen LogP contribution >= 0.6 is 0 Å². The Morgan fingerprint density at radius 2 is 1.86 bits per heavy atom. The third-order valence-electron chi connectivity index (χ3n) is 3.58. The van der Waals surface area contributed by atoms with E-state index in [0.717, 1.165) is 0 Å². The highest BCUT2D eigenvalue weighted by Gasteiger charge is 2.27. The van der Waals surface area contributed by atoms with Gasteiger partial charge in [-0.15, -0.1) is 0 Å². The second kappa shape index (κ2) is 8.11. The highest BCUT2D eigenvalue weighted by atomic mass is 16.6. The molecule has 1 aromatic rings. The summed E-state index contributed by atoms with van der Waals surface area (Å²) in [7, 11) is 0. The maximum absolute atomic E-state index is 12.4. The molecule has 0 radical (unpaired) electrons. The van der Waals surface area contributed by atoms with E-state index in [4.69, 9.17) is 20.5 Å². The van der Waals surface area contributed by atoms with Gasteiger partial charge in [0.05, 0.1) is 6.54 Å². The van der Waals surface area contributed by atoms with Crippen molar-refractivity contribution in [2.24, 2.45) is 0 Å². The van der Waals surface area contributed by atoms with E-state index < -0.39 is 11.7 Å². The smallest absolute Gasteiger partial charge is 0.411 e. The van der Waals surface area contributed by atoms with Crippen LogP contribution in [0.25, 0.3) is 0 Å². The van der Waals surface area contributed by atoms with Gasteiger partial charge in [-0.1, -0.05) is 0 Å². The fourth-order valence-electron chi connectivity index (χ4n) is 2.43. The van der Waals surface area contributed by atoms with Crippen molar-refractivity contribution < 1.29 is 14.3 Å². The van der Waals surface area contributed by atoms with Crippen LogP contribution in [0.4, 0.5) is 16.2 Å². The Bertz CT molecular complexity index is 953. The Balaban J connectivity index is 2.34. The third kappa shape index (κ3) is 5.00. The molecule has 0 aromatic heterocycles. The molecule has 9 heteroatoms. The lowest BCUT2D eigenvalue weighted by molar-refractivity contribution is -0.117. The molecule has 0 atom stereocenters. The maximum atomic E-state index is 12.4. The molecule has 0 saturated carbocycles. The number of ether oxygens (including phenoxy) is 1. The maximum Gasteiger partial charge on any atom is 0.411 e. The lowest BCUT2D eigenvalue weighted by atomic mass is 10.1. The molecule has 0 spiro atoms. The van der Waals surface area contributed by atoms with E-state index in [1.807, 2.05) is 0 Å². The second-order valence-corrected chi connectivity index (χ2v) is 6.97. The van der Waals surface area contributed by atoms with Crippen LogP contribution < -0.4 is 10.6 Å². The molecule has 2 N–H and O–H groups in total. The van der Waals surface area contributed by atoms with E-state index in [1.165, 1.54) is 4.90 Å². The second-order valence-electron chi connectivity index (χ2n) is 6.97. The molecule has 9 nitrogen and oxygen atoms in total. The molecule has 1 heterocycles. The number of nitriles is 3. The van der Waals surface area contributed by atoms with Gasteiger partial charge in [-0.3, -0.25) is 9.69 Å². The van der Waals surface area contributed by atoms with Gasteiger partial charge in [0.1, 0.15) is 36.1 Å². The average Bonchev–Trinajstić information content (AvgIpc) is 2.78. The van der Waals surface area contributed by atoms with Gasteiger partial charge >= 0.3 is 6.09 Å². The van der Waals surface area contributed by atoms with E-state index in [-0.39, 0.29) is 30.3 Å². The number of hydrogen-bond acceptors (Lipinski definition) is 7. The van der Waals surface area contributed by atoms with Crippen LogP contribution in [0.1, 0.15) is 26.3 Å². The van der Waals surface area contributed by atoms with Gasteiger partial charge in [0.25, 0.3) is 0 Å². The van der Waals surface area contributed by atoms with Crippen LogP contribution in [0.3, 0.4) is 0 Å². The van der Waals surface area contributed by atoms with E-state index in [1.54, 1.807) is 57.2 Å². The minimum Gasteiger partial charge on any atom is -0.444 e. The summed E-state index contributed by atoms with van der Waals surface area (Å²) < 4.78 is 5.34. The predicted octanol–water partition coefficient (Wildman–Crippen LogP) is 2.61. The first-order chi connectivity index (χ1) is 13.2. The molecule has 0 bridgehead atoms. The van der Waals surface area contributed by atoms with E-state index in [2.05, 4.69) is 10.6 Å². The Morgan fingerprint density at radius 1 is 1.18 bits per heavy atom. The Hall–Kier alpha value is -4.03. The minimum absolute atomic E-state index is 0.105. The molecular formula is C19H18N6O3. The van der Waals surface area contributed by atoms with Crippen LogP contribution in [-0.4, -0.2) is 29.0 Å². The number of anilines is 2. The third-order valence-corrected chi connectivity index (χ3v) is 3.58. The molecular weight excluding hydrogens is 360 g/mol. The molecule has 2 amide bonds. The standard InChI is InChI=1S/C19H18N6O3/c1-19(2,3)28-18(27)25-10-12-6-14(4-5-15(12)24-17(26)11-25)23-16(9-22)13(7-20)8-21/h4-6,23H,10-11H2,1-3H3,(H,24,26). The van der Waals surface area contributed by atoms with E-state index in [0.29, 0.717) is 16.9 Å². The SMILES string of the molecule is CC(C)(C)OC(=O)N1CC(=O)Nc2ccc(NC(C#N)=C(C#N)C#N)cc2C1. The van der Waals surface area contributed by atoms with Crippen LogP contribution in [-0.2, 0) is 16.1 Å². The van der Waals surface area contributed by atoms with Crippen LogP contribution in [0, 0.1) is 34.0 Å². The highest BCUT2D eigenvalue weighted by molar-refractivity contribution is 5.96. The summed E-state index contributed by atoms with van der Waals surface area (Å²) in [5.41, 5.74) is 0.314. The molecule has 2 rings (SSSR count). The zero-order valence-corrected chi connectivity index (χ0v) is 15.7. The van der Waals surface area contributed by atoms with Crippen molar-refractivity contribution in [3.8, 4) is 18.2 Å². The number of amides is 2. The highest BCUT2D eigenvalue weighted by Crippen LogP contribution is 2.26. The summed E-state index contributed by atoms with van der Waals surface area (Å²) in [6.45, 7) is 5.14. The van der Waals surface area contributed by atoms with Gasteiger partial charge in [-0.25, -0.2) is 4.79 Å². The largest absolute Gasteiger partial charge is 0.444 e. The Kier molecular flexibility index (Phi) is 5.88. The first-order valence-corrected chi connectivity index (χ1v) is 8.29. The van der Waals surface area contributed by atoms with Gasteiger partial charge in [0.15, 0.2) is 5.57 Å². The van der Waals surface area contributed by atoms with Crippen molar-refractivity contribution in [1.82, 2.24) is 4.90 Å². The number of nitrogens with one attached hydrogen (secondary N) is 2. The van der Waals surface area contributed by atoms with E-state index in [9.17, 15) is 9.59 Å². The van der Waals surface area contributed by atoms with Crippen LogP contribution in [0.5, 0.6) is 0 Å². The summed E-state index contributed by atoms with van der Waals surface area (Å²) in [5, 5.41) is 32.4. The zero-order chi connectivity index (χ0) is 20.9. The predicted molar refractivity (Wildman–Crippen MR) is 99.2 cm³/mol. The minimum atomic E-state index is -0.705. The van der Waals surface area contributed by atoms with Gasteiger partial charge in [0, 0.05) is 11.4 Å². The lowest BCUT2D eigenvalue weighted by Gasteiger charge is -2.26. The summed E-state index contributed by atoms with van der Waals surface area (Å²) in [4.78, 5) is 25.8. The number of benzene rings is 1.